The van der Waals surface area contributed by atoms with Gasteiger partial charge in [0, 0.05) is 12.3 Å². The minimum absolute atomic E-state index is 0.00243. The van der Waals surface area contributed by atoms with Gasteiger partial charge in [0.25, 0.3) is 0 Å². The maximum Gasteiger partial charge on any atom is 0.421 e. The van der Waals surface area contributed by atoms with Crippen molar-refractivity contribution in [3.63, 3.8) is 0 Å². The lowest BCUT2D eigenvalue weighted by molar-refractivity contribution is -0.144. The number of halogens is 9. The van der Waals surface area contributed by atoms with Crippen LogP contribution >= 0.6 is 34.8 Å². The van der Waals surface area contributed by atoms with Gasteiger partial charge in [-0.3, -0.25) is 0 Å². The smallest absolute Gasteiger partial charge is 0.421 e. The molecule has 0 unspecified atom stereocenters. The standard InChI is InChI=1S/C16H8Cl3F6NO2/c17-11-6-9(27-4-3-13(18)19)1-2-12(11)28-14-10(16(23,24)25)5-8(7-26-14)15(20,21)22/h1-3,5-7H,4H2. The highest BCUT2D eigenvalue weighted by Crippen LogP contribution is 2.41. The van der Waals surface area contributed by atoms with Gasteiger partial charge in [0.1, 0.15) is 28.2 Å². The highest BCUT2D eigenvalue weighted by Gasteiger charge is 2.40. The molecule has 2 aromatic rings. The van der Waals surface area contributed by atoms with E-state index >= 15 is 0 Å². The van der Waals surface area contributed by atoms with Crippen LogP contribution in [0.4, 0.5) is 26.3 Å². The molecule has 0 aliphatic carbocycles. The number of rotatable bonds is 5. The third-order valence-corrected chi connectivity index (χ3v) is 3.69. The molecule has 12 heteroatoms. The van der Waals surface area contributed by atoms with Gasteiger partial charge in [-0.2, -0.15) is 26.3 Å². The Morgan fingerprint density at radius 2 is 1.71 bits per heavy atom. The van der Waals surface area contributed by atoms with Crippen LogP contribution in [-0.2, 0) is 12.4 Å². The summed E-state index contributed by atoms with van der Waals surface area (Å²) in [6.07, 6.45) is -8.56. The van der Waals surface area contributed by atoms with E-state index in [1.54, 1.807) is 0 Å². The lowest BCUT2D eigenvalue weighted by Gasteiger charge is -2.16. The molecule has 0 saturated carbocycles. The van der Waals surface area contributed by atoms with Crippen LogP contribution in [0.15, 0.2) is 41.0 Å². The van der Waals surface area contributed by atoms with E-state index in [0.717, 1.165) is 0 Å². The summed E-state index contributed by atoms with van der Waals surface area (Å²) in [4.78, 5) is 3.15. The van der Waals surface area contributed by atoms with Gasteiger partial charge >= 0.3 is 12.4 Å². The van der Waals surface area contributed by atoms with E-state index < -0.39 is 29.4 Å². The fourth-order valence-electron chi connectivity index (χ4n) is 1.85. The SMILES string of the molecule is FC(F)(F)c1cnc(Oc2ccc(OCC=C(Cl)Cl)cc2Cl)c(C(F)(F)F)c1. The van der Waals surface area contributed by atoms with Crippen molar-refractivity contribution in [2.75, 3.05) is 6.61 Å². The van der Waals surface area contributed by atoms with Gasteiger partial charge in [0.2, 0.25) is 5.88 Å². The van der Waals surface area contributed by atoms with Crippen molar-refractivity contribution in [1.29, 1.82) is 0 Å². The maximum absolute atomic E-state index is 13.1. The second-order valence-corrected chi connectivity index (χ2v) is 6.49. The van der Waals surface area contributed by atoms with E-state index in [0.29, 0.717) is 0 Å². The lowest BCUT2D eigenvalue weighted by Crippen LogP contribution is -2.13. The molecule has 152 valence electrons. The summed E-state index contributed by atoms with van der Waals surface area (Å²) in [5.74, 6) is -1.12. The number of alkyl halides is 6. The van der Waals surface area contributed by atoms with Gasteiger partial charge in [0.15, 0.2) is 0 Å². The van der Waals surface area contributed by atoms with Gasteiger partial charge in [-0.1, -0.05) is 34.8 Å². The van der Waals surface area contributed by atoms with Crippen molar-refractivity contribution in [3.8, 4) is 17.4 Å². The number of hydrogen-bond donors (Lipinski definition) is 0. The van der Waals surface area contributed by atoms with Crippen molar-refractivity contribution in [1.82, 2.24) is 4.98 Å². The molecule has 0 saturated heterocycles. The monoisotopic (exact) mass is 465 g/mol. The molecule has 2 rings (SSSR count). The zero-order valence-electron chi connectivity index (χ0n) is 13.3. The average Bonchev–Trinajstić information content (AvgIpc) is 2.55. The van der Waals surface area contributed by atoms with Gasteiger partial charge < -0.3 is 9.47 Å². The van der Waals surface area contributed by atoms with E-state index in [1.807, 2.05) is 0 Å². The number of nitrogens with zero attached hydrogens (tertiary/aromatic N) is 1. The predicted molar refractivity (Wildman–Crippen MR) is 91.1 cm³/mol. The number of pyridine rings is 1. The fraction of sp³-hybridized carbons (Fsp3) is 0.188. The van der Waals surface area contributed by atoms with Crippen molar-refractivity contribution in [2.45, 2.75) is 12.4 Å². The van der Waals surface area contributed by atoms with E-state index in [1.165, 1.54) is 24.3 Å². The first-order chi connectivity index (χ1) is 12.9. The molecule has 0 atom stereocenters. The Labute approximate surface area is 169 Å². The van der Waals surface area contributed by atoms with Crippen LogP contribution < -0.4 is 9.47 Å². The van der Waals surface area contributed by atoms with Gasteiger partial charge in [0.05, 0.1) is 10.6 Å². The van der Waals surface area contributed by atoms with Crippen LogP contribution in [-0.4, -0.2) is 11.6 Å². The maximum atomic E-state index is 13.1. The quantitative estimate of drug-likeness (QED) is 0.435. The summed E-state index contributed by atoms with van der Waals surface area (Å²) in [6.45, 7) is -0.00243. The molecule has 0 bridgehead atoms. The van der Waals surface area contributed by atoms with Crippen LogP contribution in [0, 0.1) is 0 Å². The molecule has 1 heterocycles. The average molecular weight is 467 g/mol. The Morgan fingerprint density at radius 3 is 2.25 bits per heavy atom. The molecule has 28 heavy (non-hydrogen) atoms. The van der Waals surface area contributed by atoms with E-state index in [9.17, 15) is 26.3 Å². The van der Waals surface area contributed by atoms with Gasteiger partial charge in [-0.05, 0) is 24.3 Å². The zero-order valence-corrected chi connectivity index (χ0v) is 15.6. The Balaban J connectivity index is 2.31. The molecular weight excluding hydrogens is 459 g/mol. The summed E-state index contributed by atoms with van der Waals surface area (Å²) in [6, 6.07) is 3.62. The van der Waals surface area contributed by atoms with E-state index in [4.69, 9.17) is 44.3 Å². The van der Waals surface area contributed by atoms with Crippen molar-refractivity contribution < 1.29 is 35.8 Å². The Bertz CT molecular complexity index is 880. The number of benzene rings is 1. The molecule has 1 aromatic heterocycles. The Hall–Kier alpha value is -1.84. The molecule has 0 aliphatic rings. The minimum atomic E-state index is -5.13. The molecule has 0 N–H and O–H groups in total. The molecule has 3 nitrogen and oxygen atoms in total. The van der Waals surface area contributed by atoms with Crippen molar-refractivity contribution in [3.05, 3.63) is 57.2 Å². The number of hydrogen-bond acceptors (Lipinski definition) is 3. The second kappa shape index (κ2) is 8.67. The van der Waals surface area contributed by atoms with Crippen molar-refractivity contribution in [2.24, 2.45) is 0 Å². The van der Waals surface area contributed by atoms with E-state index in [2.05, 4.69) is 4.98 Å². The summed E-state index contributed by atoms with van der Waals surface area (Å²) in [5, 5.41) is -0.159. The third-order valence-electron chi connectivity index (χ3n) is 3.08. The summed E-state index contributed by atoms with van der Waals surface area (Å²) in [7, 11) is 0. The molecule has 1 aromatic carbocycles. The van der Waals surface area contributed by atoms with Crippen LogP contribution in [0.1, 0.15) is 11.1 Å². The second-order valence-electron chi connectivity index (χ2n) is 5.07. The van der Waals surface area contributed by atoms with Crippen molar-refractivity contribution >= 4 is 34.8 Å². The highest BCUT2D eigenvalue weighted by atomic mass is 35.5. The van der Waals surface area contributed by atoms with Crippen LogP contribution in [0.25, 0.3) is 0 Å². The van der Waals surface area contributed by atoms with Gasteiger partial charge in [-0.15, -0.1) is 0 Å². The van der Waals surface area contributed by atoms with Gasteiger partial charge in [-0.25, -0.2) is 4.98 Å². The summed E-state index contributed by atoms with van der Waals surface area (Å²) < 4.78 is 87.6. The molecule has 0 fully saturated rings. The molecule has 0 aliphatic heterocycles. The first-order valence-corrected chi connectivity index (χ1v) is 8.27. The predicted octanol–water partition coefficient (Wildman–Crippen LogP) is 7.26. The number of ether oxygens (including phenoxy) is 2. The topological polar surface area (TPSA) is 31.4 Å². The lowest BCUT2D eigenvalue weighted by atomic mass is 10.2. The molecule has 0 radical (unpaired) electrons. The fourth-order valence-corrected chi connectivity index (χ4v) is 2.19. The highest BCUT2D eigenvalue weighted by molar-refractivity contribution is 6.55. The Morgan fingerprint density at radius 1 is 1.04 bits per heavy atom. The van der Waals surface area contributed by atoms with Crippen LogP contribution in [0.3, 0.4) is 0 Å². The normalized spacial score (nSPS) is 11.9. The van der Waals surface area contributed by atoms with Crippen LogP contribution in [0.2, 0.25) is 5.02 Å². The molecule has 0 amide bonds. The first kappa shape index (κ1) is 22.4. The Kier molecular flexibility index (Phi) is 6.95. The number of aromatic nitrogens is 1. The first-order valence-electron chi connectivity index (χ1n) is 7.13. The molecule has 0 spiro atoms. The third kappa shape index (κ3) is 6.08. The minimum Gasteiger partial charge on any atom is -0.489 e. The summed E-state index contributed by atoms with van der Waals surface area (Å²) >= 11 is 16.8. The van der Waals surface area contributed by atoms with E-state index in [-0.39, 0.29) is 39.9 Å². The largest absolute Gasteiger partial charge is 0.489 e. The molecular formula is C16H8Cl3F6NO2. The zero-order chi connectivity index (χ0) is 21.1. The van der Waals surface area contributed by atoms with Crippen LogP contribution in [0.5, 0.6) is 17.4 Å². The summed E-state index contributed by atoms with van der Waals surface area (Å²) in [5.41, 5.74) is -3.26.